The Morgan fingerprint density at radius 2 is 1.67 bits per heavy atom. The first-order valence-electron chi connectivity index (χ1n) is 6.22. The number of nitrogens with one attached hydrogen (secondary N) is 1. The number of hydrogen-bond acceptors (Lipinski definition) is 2. The lowest BCUT2D eigenvalue weighted by Crippen LogP contribution is -2.18. The average molecular weight is 316 g/mol. The summed E-state index contributed by atoms with van der Waals surface area (Å²) in [4.78, 5) is 0. The number of rotatable bonds is 4. The van der Waals surface area contributed by atoms with Crippen molar-refractivity contribution in [1.29, 1.82) is 0 Å². The van der Waals surface area contributed by atoms with Crippen molar-refractivity contribution >= 4 is 17.3 Å². The van der Waals surface area contributed by atoms with Crippen LogP contribution in [0.15, 0.2) is 48.5 Å². The fourth-order valence-corrected chi connectivity index (χ4v) is 1.99. The van der Waals surface area contributed by atoms with Gasteiger partial charge in [0.05, 0.1) is 5.69 Å². The highest BCUT2D eigenvalue weighted by molar-refractivity contribution is 6.30. The van der Waals surface area contributed by atoms with E-state index in [-0.39, 0.29) is 17.5 Å². The van der Waals surface area contributed by atoms with Crippen molar-refractivity contribution < 1.29 is 17.9 Å². The molecule has 0 aromatic heterocycles. The van der Waals surface area contributed by atoms with Crippen molar-refractivity contribution in [3.8, 4) is 5.75 Å². The van der Waals surface area contributed by atoms with Crippen molar-refractivity contribution in [2.45, 2.75) is 19.3 Å². The molecule has 1 N–H and O–H groups in total. The van der Waals surface area contributed by atoms with Gasteiger partial charge >= 0.3 is 6.36 Å². The van der Waals surface area contributed by atoms with Gasteiger partial charge in [-0.15, -0.1) is 13.2 Å². The maximum Gasteiger partial charge on any atom is 0.573 e. The van der Waals surface area contributed by atoms with E-state index in [0.717, 1.165) is 5.56 Å². The normalized spacial score (nSPS) is 12.8. The van der Waals surface area contributed by atoms with E-state index < -0.39 is 6.36 Å². The highest BCUT2D eigenvalue weighted by Gasteiger charge is 2.32. The first kappa shape index (κ1) is 15.5. The number of anilines is 1. The first-order chi connectivity index (χ1) is 9.85. The van der Waals surface area contributed by atoms with E-state index >= 15 is 0 Å². The molecular weight excluding hydrogens is 303 g/mol. The summed E-state index contributed by atoms with van der Waals surface area (Å²) in [6.07, 6.45) is -4.72. The van der Waals surface area contributed by atoms with Crippen LogP contribution in [0, 0.1) is 0 Å². The molecule has 0 bridgehead atoms. The van der Waals surface area contributed by atoms with Crippen LogP contribution >= 0.6 is 11.6 Å². The fourth-order valence-electron chi connectivity index (χ4n) is 1.87. The third-order valence-electron chi connectivity index (χ3n) is 2.85. The molecule has 2 nitrogen and oxygen atoms in total. The van der Waals surface area contributed by atoms with Crippen LogP contribution in [0.2, 0.25) is 5.02 Å². The van der Waals surface area contributed by atoms with E-state index in [4.69, 9.17) is 11.6 Å². The van der Waals surface area contributed by atoms with Gasteiger partial charge in [-0.2, -0.15) is 0 Å². The molecule has 2 aromatic carbocycles. The quantitative estimate of drug-likeness (QED) is 0.814. The lowest BCUT2D eigenvalue weighted by molar-refractivity contribution is -0.274. The highest BCUT2D eigenvalue weighted by atomic mass is 35.5. The second-order valence-electron chi connectivity index (χ2n) is 4.46. The van der Waals surface area contributed by atoms with Gasteiger partial charge in [0.2, 0.25) is 0 Å². The average Bonchev–Trinajstić information content (AvgIpc) is 2.40. The Bertz CT molecular complexity index is 599. The summed E-state index contributed by atoms with van der Waals surface area (Å²) in [6.45, 7) is 1.84. The molecule has 0 saturated heterocycles. The molecule has 0 aliphatic carbocycles. The Morgan fingerprint density at radius 1 is 1.05 bits per heavy atom. The van der Waals surface area contributed by atoms with Crippen LogP contribution in [0.25, 0.3) is 0 Å². The SMILES string of the molecule is CC(Nc1ccccc1OC(F)(F)F)c1ccc(Cl)cc1. The van der Waals surface area contributed by atoms with Gasteiger partial charge in [-0.1, -0.05) is 35.9 Å². The monoisotopic (exact) mass is 315 g/mol. The van der Waals surface area contributed by atoms with Gasteiger partial charge in [0.1, 0.15) is 0 Å². The molecule has 0 saturated carbocycles. The summed E-state index contributed by atoms with van der Waals surface area (Å²) in [5.74, 6) is -0.259. The molecule has 21 heavy (non-hydrogen) atoms. The lowest BCUT2D eigenvalue weighted by atomic mass is 10.1. The number of ether oxygens (including phenoxy) is 1. The molecule has 6 heteroatoms. The van der Waals surface area contributed by atoms with Crippen molar-refractivity contribution in [1.82, 2.24) is 0 Å². The summed E-state index contributed by atoms with van der Waals surface area (Å²) in [7, 11) is 0. The van der Waals surface area contributed by atoms with Crippen LogP contribution in [0.4, 0.5) is 18.9 Å². The predicted octanol–water partition coefficient (Wildman–Crippen LogP) is 5.41. The van der Waals surface area contributed by atoms with E-state index in [2.05, 4.69) is 10.1 Å². The van der Waals surface area contributed by atoms with Crippen LogP contribution in [0.3, 0.4) is 0 Å². The summed E-state index contributed by atoms with van der Waals surface area (Å²) >= 11 is 5.81. The molecule has 0 fully saturated rings. The maximum absolute atomic E-state index is 12.4. The van der Waals surface area contributed by atoms with Gasteiger partial charge in [0.15, 0.2) is 5.75 Å². The Labute approximate surface area is 125 Å². The molecule has 1 unspecified atom stereocenters. The smallest absolute Gasteiger partial charge is 0.404 e. The van der Waals surface area contributed by atoms with Gasteiger partial charge < -0.3 is 10.1 Å². The molecule has 0 heterocycles. The number of halogens is 4. The number of para-hydroxylation sites is 2. The van der Waals surface area contributed by atoms with Crippen LogP contribution in [0.5, 0.6) is 5.75 Å². The van der Waals surface area contributed by atoms with Gasteiger partial charge in [-0.25, -0.2) is 0 Å². The minimum atomic E-state index is -4.72. The van der Waals surface area contributed by atoms with Crippen LogP contribution in [-0.2, 0) is 0 Å². The minimum absolute atomic E-state index is 0.194. The van der Waals surface area contributed by atoms with E-state index in [1.54, 1.807) is 18.2 Å². The van der Waals surface area contributed by atoms with Crippen molar-refractivity contribution in [3.05, 3.63) is 59.1 Å². The molecule has 0 aliphatic rings. The number of hydrogen-bond donors (Lipinski definition) is 1. The van der Waals surface area contributed by atoms with E-state index in [9.17, 15) is 13.2 Å². The standard InChI is InChI=1S/C15H13ClF3NO/c1-10(11-6-8-12(16)9-7-11)20-13-4-2-3-5-14(13)21-15(17,18)19/h2-10,20H,1H3. The molecule has 2 rings (SSSR count). The van der Waals surface area contributed by atoms with Gasteiger partial charge in [-0.3, -0.25) is 0 Å². The molecule has 0 radical (unpaired) electrons. The van der Waals surface area contributed by atoms with Gasteiger partial charge in [0, 0.05) is 11.1 Å². The topological polar surface area (TPSA) is 21.3 Å². The van der Waals surface area contributed by atoms with Crippen LogP contribution in [0.1, 0.15) is 18.5 Å². The Hall–Kier alpha value is -1.88. The summed E-state index contributed by atoms with van der Waals surface area (Å²) in [5, 5.41) is 3.60. The third-order valence-corrected chi connectivity index (χ3v) is 3.11. The molecular formula is C15H13ClF3NO. The third kappa shape index (κ3) is 4.56. The lowest BCUT2D eigenvalue weighted by Gasteiger charge is -2.19. The van der Waals surface area contributed by atoms with Gasteiger partial charge in [-0.05, 0) is 36.8 Å². The molecule has 1 atom stereocenters. The number of alkyl halides is 3. The summed E-state index contributed by atoms with van der Waals surface area (Å²) in [6, 6.07) is 12.8. The zero-order chi connectivity index (χ0) is 15.5. The second-order valence-corrected chi connectivity index (χ2v) is 4.90. The van der Waals surface area contributed by atoms with E-state index in [1.165, 1.54) is 18.2 Å². The maximum atomic E-state index is 12.4. The van der Waals surface area contributed by atoms with Crippen molar-refractivity contribution in [2.75, 3.05) is 5.32 Å². The first-order valence-corrected chi connectivity index (χ1v) is 6.60. The number of benzene rings is 2. The Morgan fingerprint density at radius 3 is 2.29 bits per heavy atom. The largest absolute Gasteiger partial charge is 0.573 e. The van der Waals surface area contributed by atoms with Crippen LogP contribution in [-0.4, -0.2) is 6.36 Å². The van der Waals surface area contributed by atoms with Crippen molar-refractivity contribution in [3.63, 3.8) is 0 Å². The minimum Gasteiger partial charge on any atom is -0.404 e. The second kappa shape index (κ2) is 6.26. The van der Waals surface area contributed by atoms with Gasteiger partial charge in [0.25, 0.3) is 0 Å². The highest BCUT2D eigenvalue weighted by Crippen LogP contribution is 2.32. The molecule has 0 aliphatic heterocycles. The Kier molecular flexibility index (Phi) is 4.63. The van der Waals surface area contributed by atoms with Crippen LogP contribution < -0.4 is 10.1 Å². The molecule has 112 valence electrons. The molecule has 0 amide bonds. The Balaban J connectivity index is 2.17. The fraction of sp³-hybridized carbons (Fsp3) is 0.200. The molecule has 2 aromatic rings. The zero-order valence-electron chi connectivity index (χ0n) is 11.1. The summed E-state index contributed by atoms with van der Waals surface area (Å²) in [5.41, 5.74) is 1.18. The van der Waals surface area contributed by atoms with E-state index in [0.29, 0.717) is 5.02 Å². The summed E-state index contributed by atoms with van der Waals surface area (Å²) < 4.78 is 41.1. The molecule has 0 spiro atoms. The van der Waals surface area contributed by atoms with E-state index in [1.807, 2.05) is 19.1 Å². The predicted molar refractivity (Wildman–Crippen MR) is 76.6 cm³/mol. The van der Waals surface area contributed by atoms with Crippen molar-refractivity contribution in [2.24, 2.45) is 0 Å². The zero-order valence-corrected chi connectivity index (χ0v) is 11.9.